The highest BCUT2D eigenvalue weighted by atomic mass is 16.5. The van der Waals surface area contributed by atoms with Gasteiger partial charge in [-0.05, 0) is 43.0 Å². The number of rotatable bonds is 8. The Morgan fingerprint density at radius 2 is 1.72 bits per heavy atom. The first-order chi connectivity index (χ1) is 14.2. The van der Waals surface area contributed by atoms with Crippen molar-refractivity contribution in [3.05, 3.63) is 59.7 Å². The summed E-state index contributed by atoms with van der Waals surface area (Å²) < 4.78 is 16.3. The van der Waals surface area contributed by atoms with E-state index in [2.05, 4.69) is 16.7 Å². The fraction of sp³-hybridized carbons (Fsp3) is 0.435. The second kappa shape index (κ2) is 10.2. The van der Waals surface area contributed by atoms with Crippen LogP contribution in [0.2, 0.25) is 0 Å². The van der Waals surface area contributed by atoms with E-state index in [1.807, 2.05) is 42.5 Å². The van der Waals surface area contributed by atoms with Crippen LogP contribution in [0.25, 0.3) is 0 Å². The number of carbonyl (C=O) groups excluding carboxylic acids is 1. The smallest absolute Gasteiger partial charge is 0.314 e. The molecule has 0 saturated carbocycles. The molecule has 0 unspecified atom stereocenters. The van der Waals surface area contributed by atoms with Gasteiger partial charge in [-0.25, -0.2) is 4.79 Å². The lowest BCUT2D eigenvalue weighted by atomic mass is 9.73. The van der Waals surface area contributed by atoms with Crippen LogP contribution in [0.15, 0.2) is 48.5 Å². The first-order valence-corrected chi connectivity index (χ1v) is 10.0. The molecule has 1 fully saturated rings. The Balaban J connectivity index is 1.55. The van der Waals surface area contributed by atoms with E-state index in [0.717, 1.165) is 41.9 Å². The van der Waals surface area contributed by atoms with Crippen LogP contribution in [-0.2, 0) is 16.6 Å². The third-order valence-electron chi connectivity index (χ3n) is 5.57. The fourth-order valence-electron chi connectivity index (χ4n) is 3.81. The molecule has 1 saturated heterocycles. The average Bonchev–Trinajstić information content (AvgIpc) is 2.79. The van der Waals surface area contributed by atoms with Gasteiger partial charge in [0.2, 0.25) is 0 Å². The molecule has 1 heterocycles. The number of hydrogen-bond donors (Lipinski definition) is 2. The molecule has 2 N–H and O–H groups in total. The molecule has 6 heteroatoms. The van der Waals surface area contributed by atoms with Crippen LogP contribution in [0.1, 0.15) is 24.0 Å². The van der Waals surface area contributed by atoms with E-state index in [1.54, 1.807) is 14.2 Å². The maximum atomic E-state index is 12.4. The normalized spacial score (nSPS) is 15.4. The Kier molecular flexibility index (Phi) is 7.36. The van der Waals surface area contributed by atoms with Crippen LogP contribution in [0.3, 0.4) is 0 Å². The number of amides is 2. The van der Waals surface area contributed by atoms with Gasteiger partial charge in [-0.3, -0.25) is 0 Å². The van der Waals surface area contributed by atoms with Crippen molar-refractivity contribution in [2.24, 2.45) is 0 Å². The van der Waals surface area contributed by atoms with Gasteiger partial charge in [0.1, 0.15) is 11.5 Å². The number of hydrogen-bond acceptors (Lipinski definition) is 4. The van der Waals surface area contributed by atoms with Gasteiger partial charge in [-0.1, -0.05) is 30.3 Å². The Bertz CT molecular complexity index is 786. The minimum absolute atomic E-state index is 0.153. The molecule has 0 spiro atoms. The van der Waals surface area contributed by atoms with Crippen LogP contribution < -0.4 is 20.1 Å². The molecular formula is C23H30N2O4. The Labute approximate surface area is 172 Å². The van der Waals surface area contributed by atoms with Crippen molar-refractivity contribution in [3.8, 4) is 11.5 Å². The average molecular weight is 399 g/mol. The van der Waals surface area contributed by atoms with Crippen molar-refractivity contribution in [1.29, 1.82) is 0 Å². The second-order valence-electron chi connectivity index (χ2n) is 7.30. The van der Waals surface area contributed by atoms with Crippen molar-refractivity contribution >= 4 is 6.03 Å². The van der Waals surface area contributed by atoms with Crippen molar-refractivity contribution in [2.75, 3.05) is 40.5 Å². The van der Waals surface area contributed by atoms with Gasteiger partial charge < -0.3 is 24.8 Å². The number of methoxy groups -OCH3 is 2. The lowest BCUT2D eigenvalue weighted by Crippen LogP contribution is -2.47. The van der Waals surface area contributed by atoms with Gasteiger partial charge in [0.05, 0.1) is 14.2 Å². The van der Waals surface area contributed by atoms with Crippen LogP contribution in [-0.4, -0.2) is 46.6 Å². The summed E-state index contributed by atoms with van der Waals surface area (Å²) in [6, 6.07) is 15.8. The molecule has 0 atom stereocenters. The molecule has 0 bridgehead atoms. The van der Waals surface area contributed by atoms with E-state index in [4.69, 9.17) is 14.2 Å². The number of nitrogens with one attached hydrogen (secondary N) is 2. The fourth-order valence-corrected chi connectivity index (χ4v) is 3.81. The molecule has 0 aromatic heterocycles. The summed E-state index contributed by atoms with van der Waals surface area (Å²) in [6.45, 7) is 2.48. The summed E-state index contributed by atoms with van der Waals surface area (Å²) in [5.41, 5.74) is 2.10. The summed E-state index contributed by atoms with van der Waals surface area (Å²) >= 11 is 0. The molecule has 2 aromatic rings. The monoisotopic (exact) mass is 398 g/mol. The highest BCUT2D eigenvalue weighted by Gasteiger charge is 2.37. The quantitative estimate of drug-likeness (QED) is 0.716. The van der Waals surface area contributed by atoms with E-state index in [1.165, 1.54) is 0 Å². The zero-order valence-corrected chi connectivity index (χ0v) is 17.2. The molecule has 1 aliphatic rings. The summed E-state index contributed by atoms with van der Waals surface area (Å²) in [5, 5.41) is 6.02. The third-order valence-corrected chi connectivity index (χ3v) is 5.57. The van der Waals surface area contributed by atoms with Gasteiger partial charge in [0.25, 0.3) is 0 Å². The minimum atomic E-state index is -0.182. The van der Waals surface area contributed by atoms with Gasteiger partial charge in [-0.2, -0.15) is 0 Å². The molecule has 1 aliphatic heterocycles. The summed E-state index contributed by atoms with van der Waals surface area (Å²) in [5.74, 6) is 1.69. The van der Waals surface area contributed by atoms with E-state index in [-0.39, 0.29) is 11.4 Å². The zero-order valence-electron chi connectivity index (χ0n) is 17.2. The van der Waals surface area contributed by atoms with Crippen molar-refractivity contribution in [1.82, 2.24) is 10.6 Å². The summed E-state index contributed by atoms with van der Waals surface area (Å²) in [4.78, 5) is 12.4. The number of carbonyl (C=O) groups is 1. The topological polar surface area (TPSA) is 68.8 Å². The zero-order chi connectivity index (χ0) is 20.5. The molecule has 0 radical (unpaired) electrons. The number of para-hydroxylation sites is 1. The van der Waals surface area contributed by atoms with Gasteiger partial charge in [0, 0.05) is 37.3 Å². The minimum Gasteiger partial charge on any atom is -0.497 e. The van der Waals surface area contributed by atoms with Crippen molar-refractivity contribution in [3.63, 3.8) is 0 Å². The molecule has 0 aliphatic carbocycles. The lowest BCUT2D eigenvalue weighted by molar-refractivity contribution is 0.0498. The highest BCUT2D eigenvalue weighted by Crippen LogP contribution is 2.39. The van der Waals surface area contributed by atoms with E-state index < -0.39 is 0 Å². The van der Waals surface area contributed by atoms with Gasteiger partial charge in [0.15, 0.2) is 0 Å². The lowest BCUT2D eigenvalue weighted by Gasteiger charge is -2.38. The molecule has 2 aromatic carbocycles. The van der Waals surface area contributed by atoms with Crippen LogP contribution >= 0.6 is 0 Å². The number of urea groups is 1. The third kappa shape index (κ3) is 5.41. The van der Waals surface area contributed by atoms with Crippen LogP contribution in [0.4, 0.5) is 4.79 Å². The highest BCUT2D eigenvalue weighted by molar-refractivity contribution is 5.74. The van der Waals surface area contributed by atoms with E-state index in [9.17, 15) is 4.79 Å². The number of ether oxygens (including phenoxy) is 3. The first-order valence-electron chi connectivity index (χ1n) is 10.0. The molecule has 156 valence electrons. The Morgan fingerprint density at radius 1 is 1.00 bits per heavy atom. The van der Waals surface area contributed by atoms with Crippen LogP contribution in [0.5, 0.6) is 11.5 Å². The van der Waals surface area contributed by atoms with E-state index in [0.29, 0.717) is 26.3 Å². The maximum Gasteiger partial charge on any atom is 0.314 e. The maximum absolute atomic E-state index is 12.4. The molecule has 3 rings (SSSR count). The standard InChI is InChI=1S/C23H30N2O4/c1-27-19-9-7-18(8-10-19)11-14-24-22(26)25-17-23(12-15-29-16-13-23)20-5-3-4-6-21(20)28-2/h3-10H,11-17H2,1-2H3,(H2,24,25,26). The second-order valence-corrected chi connectivity index (χ2v) is 7.30. The van der Waals surface area contributed by atoms with Crippen LogP contribution in [0, 0.1) is 0 Å². The molecule has 6 nitrogen and oxygen atoms in total. The summed E-state index contributed by atoms with van der Waals surface area (Å²) in [7, 11) is 3.34. The van der Waals surface area contributed by atoms with Crippen molar-refractivity contribution < 1.29 is 19.0 Å². The Hall–Kier alpha value is -2.73. The molecule has 2 amide bonds. The van der Waals surface area contributed by atoms with Gasteiger partial charge >= 0.3 is 6.03 Å². The molecular weight excluding hydrogens is 368 g/mol. The van der Waals surface area contributed by atoms with E-state index >= 15 is 0 Å². The van der Waals surface area contributed by atoms with Gasteiger partial charge in [-0.15, -0.1) is 0 Å². The Morgan fingerprint density at radius 3 is 2.41 bits per heavy atom. The predicted octanol–water partition coefficient (Wildman–Crippen LogP) is 3.29. The SMILES string of the molecule is COc1ccc(CCNC(=O)NCC2(c3ccccc3OC)CCOCC2)cc1. The molecule has 29 heavy (non-hydrogen) atoms. The summed E-state index contributed by atoms with van der Waals surface area (Å²) in [6.07, 6.45) is 2.46. The number of benzene rings is 2. The van der Waals surface area contributed by atoms with Crippen molar-refractivity contribution in [2.45, 2.75) is 24.7 Å². The first kappa shape index (κ1) is 21.0. The largest absolute Gasteiger partial charge is 0.497 e. The predicted molar refractivity (Wildman–Crippen MR) is 113 cm³/mol.